The molecular formula is C22H19FN4OS. The van der Waals surface area contributed by atoms with Crippen LogP contribution in [0, 0.1) is 12.7 Å². The van der Waals surface area contributed by atoms with E-state index in [-0.39, 0.29) is 5.82 Å². The molecule has 5 nitrogen and oxygen atoms in total. The van der Waals surface area contributed by atoms with Crippen LogP contribution in [-0.2, 0) is 0 Å². The summed E-state index contributed by atoms with van der Waals surface area (Å²) in [6.45, 7) is 2.49. The number of thioether (sulfide) groups is 1. The molecule has 7 heteroatoms. The van der Waals surface area contributed by atoms with Gasteiger partial charge in [-0.25, -0.2) is 4.39 Å². The van der Waals surface area contributed by atoms with Crippen molar-refractivity contribution in [3.05, 3.63) is 84.4 Å². The zero-order valence-electron chi connectivity index (χ0n) is 15.8. The lowest BCUT2D eigenvalue weighted by molar-refractivity contribution is 0.342. The summed E-state index contributed by atoms with van der Waals surface area (Å²) in [5.74, 6) is 1.62. The van der Waals surface area contributed by atoms with Crippen molar-refractivity contribution in [3.63, 3.8) is 0 Å². The predicted molar refractivity (Wildman–Crippen MR) is 112 cm³/mol. The van der Waals surface area contributed by atoms with E-state index in [2.05, 4.69) is 38.8 Å². The van der Waals surface area contributed by atoms with Crippen LogP contribution in [0.4, 0.5) is 4.39 Å². The van der Waals surface area contributed by atoms with Gasteiger partial charge in [0.15, 0.2) is 11.0 Å². The fourth-order valence-corrected chi connectivity index (χ4v) is 3.69. The molecule has 0 saturated carbocycles. The molecule has 29 heavy (non-hydrogen) atoms. The maximum atomic E-state index is 13.3. The minimum absolute atomic E-state index is 0.309. The van der Waals surface area contributed by atoms with E-state index < -0.39 is 0 Å². The lowest BCUT2D eigenvalue weighted by Gasteiger charge is -2.13. The molecule has 0 bridgehead atoms. The molecule has 0 unspecified atom stereocenters. The summed E-state index contributed by atoms with van der Waals surface area (Å²) in [5.41, 5.74) is 3.09. The van der Waals surface area contributed by atoms with Crippen LogP contribution >= 0.6 is 11.8 Å². The highest BCUT2D eigenvalue weighted by Crippen LogP contribution is 2.29. The summed E-state index contributed by atoms with van der Waals surface area (Å²) in [5, 5.41) is 9.61. The molecule has 4 rings (SSSR count). The van der Waals surface area contributed by atoms with E-state index in [1.54, 1.807) is 36.3 Å². The fourth-order valence-electron chi connectivity index (χ4n) is 2.93. The Kier molecular flexibility index (Phi) is 5.86. The summed E-state index contributed by atoms with van der Waals surface area (Å²) < 4.78 is 21.0. The number of para-hydroxylation sites is 1. The monoisotopic (exact) mass is 406 g/mol. The summed E-state index contributed by atoms with van der Waals surface area (Å²) in [6.07, 6.45) is 3.48. The van der Waals surface area contributed by atoms with Crippen molar-refractivity contribution >= 4 is 11.8 Å². The van der Waals surface area contributed by atoms with Crippen LogP contribution in [-0.4, -0.2) is 32.1 Å². The number of halogens is 1. The van der Waals surface area contributed by atoms with Gasteiger partial charge in [0, 0.05) is 29.8 Å². The maximum Gasteiger partial charge on any atom is 0.196 e. The Balaban J connectivity index is 1.57. The Morgan fingerprint density at radius 3 is 2.62 bits per heavy atom. The number of benzene rings is 2. The maximum absolute atomic E-state index is 13.3. The van der Waals surface area contributed by atoms with Crippen molar-refractivity contribution in [2.75, 3.05) is 12.4 Å². The van der Waals surface area contributed by atoms with Crippen molar-refractivity contribution in [2.24, 2.45) is 0 Å². The lowest BCUT2D eigenvalue weighted by atomic mass is 10.2. The van der Waals surface area contributed by atoms with Gasteiger partial charge in [0.2, 0.25) is 0 Å². The fraction of sp³-hybridized carbons (Fsp3) is 0.136. The zero-order valence-corrected chi connectivity index (χ0v) is 16.6. The predicted octanol–water partition coefficient (Wildman–Crippen LogP) is 4.95. The van der Waals surface area contributed by atoms with Crippen LogP contribution in [0.2, 0.25) is 0 Å². The second-order valence-corrected chi connectivity index (χ2v) is 7.38. The average molecular weight is 406 g/mol. The topological polar surface area (TPSA) is 52.8 Å². The number of rotatable bonds is 7. The minimum atomic E-state index is -0.309. The van der Waals surface area contributed by atoms with Crippen LogP contribution in [0.25, 0.3) is 17.1 Å². The first-order valence-corrected chi connectivity index (χ1v) is 10.1. The molecule has 2 aromatic carbocycles. The standard InChI is InChI=1S/C22H19FN4OS/c1-16-5-2-3-8-20(16)27-21(17-9-11-24-12-10-17)25-26-22(27)29-14-13-28-19-7-4-6-18(23)15-19/h2-12,15H,13-14H2,1H3. The van der Waals surface area contributed by atoms with Gasteiger partial charge in [-0.1, -0.05) is 36.0 Å². The van der Waals surface area contributed by atoms with Gasteiger partial charge in [-0.05, 0) is 42.8 Å². The summed E-state index contributed by atoms with van der Waals surface area (Å²) >= 11 is 1.54. The third-order valence-corrected chi connectivity index (χ3v) is 5.20. The molecule has 0 saturated heterocycles. The highest BCUT2D eigenvalue weighted by molar-refractivity contribution is 7.99. The third kappa shape index (κ3) is 4.46. The van der Waals surface area contributed by atoms with E-state index in [1.807, 2.05) is 24.3 Å². The van der Waals surface area contributed by atoms with Gasteiger partial charge in [-0.3, -0.25) is 9.55 Å². The summed E-state index contributed by atoms with van der Waals surface area (Å²) in [4.78, 5) is 4.09. The number of aromatic nitrogens is 4. The second-order valence-electron chi connectivity index (χ2n) is 6.32. The molecule has 0 aliphatic rings. The smallest absolute Gasteiger partial charge is 0.196 e. The highest BCUT2D eigenvalue weighted by Gasteiger charge is 2.17. The molecule has 146 valence electrons. The van der Waals surface area contributed by atoms with E-state index in [4.69, 9.17) is 4.74 Å². The molecule has 0 N–H and O–H groups in total. The van der Waals surface area contributed by atoms with E-state index in [0.717, 1.165) is 27.8 Å². The van der Waals surface area contributed by atoms with Gasteiger partial charge in [-0.2, -0.15) is 0 Å². The van der Waals surface area contributed by atoms with Crippen LogP contribution in [0.1, 0.15) is 5.56 Å². The summed E-state index contributed by atoms with van der Waals surface area (Å²) in [7, 11) is 0. The average Bonchev–Trinajstić information content (AvgIpc) is 3.16. The normalized spacial score (nSPS) is 10.8. The number of pyridine rings is 1. The van der Waals surface area contributed by atoms with Gasteiger partial charge >= 0.3 is 0 Å². The Morgan fingerprint density at radius 2 is 1.83 bits per heavy atom. The quantitative estimate of drug-likeness (QED) is 0.321. The lowest BCUT2D eigenvalue weighted by Crippen LogP contribution is -2.04. The molecule has 0 atom stereocenters. The second kappa shape index (κ2) is 8.87. The van der Waals surface area contributed by atoms with Gasteiger partial charge in [0.25, 0.3) is 0 Å². The van der Waals surface area contributed by atoms with Crippen molar-refractivity contribution in [1.29, 1.82) is 0 Å². The Morgan fingerprint density at radius 1 is 1.00 bits per heavy atom. The molecule has 4 aromatic rings. The Bertz CT molecular complexity index is 1100. The number of nitrogens with zero attached hydrogens (tertiary/aromatic N) is 4. The molecule has 2 aromatic heterocycles. The number of hydrogen-bond acceptors (Lipinski definition) is 5. The molecular weight excluding hydrogens is 387 g/mol. The number of aryl methyl sites for hydroxylation is 1. The Hall–Kier alpha value is -3.19. The first-order valence-electron chi connectivity index (χ1n) is 9.15. The van der Waals surface area contributed by atoms with E-state index in [0.29, 0.717) is 18.1 Å². The molecule has 2 heterocycles. The summed E-state index contributed by atoms with van der Waals surface area (Å²) in [6, 6.07) is 18.1. The largest absolute Gasteiger partial charge is 0.493 e. The van der Waals surface area contributed by atoms with Crippen LogP contribution in [0.15, 0.2) is 78.2 Å². The van der Waals surface area contributed by atoms with Gasteiger partial charge in [0.05, 0.1) is 12.3 Å². The van der Waals surface area contributed by atoms with E-state index in [1.165, 1.54) is 12.1 Å². The Labute approximate surface area is 172 Å². The van der Waals surface area contributed by atoms with Gasteiger partial charge in [-0.15, -0.1) is 10.2 Å². The van der Waals surface area contributed by atoms with Crippen molar-refractivity contribution in [1.82, 2.24) is 19.7 Å². The van der Waals surface area contributed by atoms with Crippen LogP contribution in [0.3, 0.4) is 0 Å². The number of ether oxygens (including phenoxy) is 1. The van der Waals surface area contributed by atoms with Crippen molar-refractivity contribution in [3.8, 4) is 22.8 Å². The third-order valence-electron chi connectivity index (χ3n) is 4.31. The van der Waals surface area contributed by atoms with Crippen LogP contribution < -0.4 is 4.74 Å². The van der Waals surface area contributed by atoms with E-state index in [9.17, 15) is 4.39 Å². The first-order chi connectivity index (χ1) is 14.2. The SMILES string of the molecule is Cc1ccccc1-n1c(SCCOc2cccc(F)c2)nnc1-c1ccncc1. The van der Waals surface area contributed by atoms with E-state index >= 15 is 0 Å². The molecule has 0 radical (unpaired) electrons. The van der Waals surface area contributed by atoms with Crippen LogP contribution in [0.5, 0.6) is 5.75 Å². The molecule has 0 aliphatic heterocycles. The minimum Gasteiger partial charge on any atom is -0.493 e. The van der Waals surface area contributed by atoms with Gasteiger partial charge < -0.3 is 4.74 Å². The molecule has 0 amide bonds. The first kappa shape index (κ1) is 19.1. The highest BCUT2D eigenvalue weighted by atomic mass is 32.2. The molecule has 0 spiro atoms. The van der Waals surface area contributed by atoms with Crippen molar-refractivity contribution in [2.45, 2.75) is 12.1 Å². The number of hydrogen-bond donors (Lipinski definition) is 0. The van der Waals surface area contributed by atoms with Gasteiger partial charge in [0.1, 0.15) is 11.6 Å². The molecule has 0 aliphatic carbocycles. The van der Waals surface area contributed by atoms with Crippen molar-refractivity contribution < 1.29 is 9.13 Å². The molecule has 0 fully saturated rings. The zero-order chi connectivity index (χ0) is 20.1.